The SMILES string of the molecule is CS(=O)(=O)N(CCC(=O)Nc1ccc(F)c(F)c1F)Cc1cccnc1. The Morgan fingerprint density at radius 1 is 1.19 bits per heavy atom. The van der Waals surface area contributed by atoms with E-state index in [0.29, 0.717) is 11.6 Å². The molecule has 0 aliphatic carbocycles. The Labute approximate surface area is 148 Å². The first-order chi connectivity index (χ1) is 12.2. The maximum atomic E-state index is 13.6. The minimum Gasteiger partial charge on any atom is -0.323 e. The first-order valence-electron chi connectivity index (χ1n) is 7.46. The van der Waals surface area contributed by atoms with Crippen LogP contribution in [0, 0.1) is 17.5 Å². The highest BCUT2D eigenvalue weighted by Gasteiger charge is 2.20. The highest BCUT2D eigenvalue weighted by Crippen LogP contribution is 2.20. The molecule has 0 aliphatic rings. The molecule has 1 aromatic carbocycles. The van der Waals surface area contributed by atoms with E-state index < -0.39 is 39.1 Å². The van der Waals surface area contributed by atoms with E-state index in [4.69, 9.17) is 0 Å². The second-order valence-corrected chi connectivity index (χ2v) is 7.46. The first-order valence-corrected chi connectivity index (χ1v) is 9.30. The quantitative estimate of drug-likeness (QED) is 0.740. The van der Waals surface area contributed by atoms with E-state index >= 15 is 0 Å². The number of halogens is 3. The topological polar surface area (TPSA) is 79.4 Å². The summed E-state index contributed by atoms with van der Waals surface area (Å²) in [6, 6.07) is 4.89. The van der Waals surface area contributed by atoms with Crippen molar-refractivity contribution in [2.45, 2.75) is 13.0 Å². The number of carbonyl (C=O) groups excluding carboxylic acids is 1. The predicted octanol–water partition coefficient (Wildman–Crippen LogP) is 2.29. The smallest absolute Gasteiger partial charge is 0.225 e. The second-order valence-electron chi connectivity index (χ2n) is 5.48. The molecule has 0 atom stereocenters. The van der Waals surface area contributed by atoms with Gasteiger partial charge in [0.1, 0.15) is 0 Å². The number of hydrogen-bond donors (Lipinski definition) is 1. The molecule has 0 radical (unpaired) electrons. The maximum Gasteiger partial charge on any atom is 0.225 e. The Hall–Kier alpha value is -2.46. The molecule has 1 aromatic heterocycles. The minimum absolute atomic E-state index is 0.0134. The summed E-state index contributed by atoms with van der Waals surface area (Å²) >= 11 is 0. The summed E-state index contributed by atoms with van der Waals surface area (Å²) in [7, 11) is -3.61. The van der Waals surface area contributed by atoms with Gasteiger partial charge in [-0.25, -0.2) is 21.6 Å². The monoisotopic (exact) mass is 387 g/mol. The molecule has 1 heterocycles. The number of hydrogen-bond acceptors (Lipinski definition) is 4. The fraction of sp³-hybridized carbons (Fsp3) is 0.250. The summed E-state index contributed by atoms with van der Waals surface area (Å²) in [5, 5.41) is 2.09. The van der Waals surface area contributed by atoms with Crippen LogP contribution in [0.1, 0.15) is 12.0 Å². The molecule has 0 saturated heterocycles. The van der Waals surface area contributed by atoms with E-state index in [1.54, 1.807) is 12.1 Å². The largest absolute Gasteiger partial charge is 0.323 e. The van der Waals surface area contributed by atoms with Crippen molar-refractivity contribution in [3.05, 3.63) is 59.7 Å². The molecule has 2 rings (SSSR count). The number of amides is 1. The molecular formula is C16H16F3N3O3S. The molecule has 140 valence electrons. The van der Waals surface area contributed by atoms with Crippen LogP contribution in [0.2, 0.25) is 0 Å². The maximum absolute atomic E-state index is 13.6. The Bertz CT molecular complexity index is 892. The molecule has 0 fully saturated rings. The van der Waals surface area contributed by atoms with Gasteiger partial charge < -0.3 is 5.32 Å². The summed E-state index contributed by atoms with van der Waals surface area (Å²) < 4.78 is 64.4. The number of sulfonamides is 1. The lowest BCUT2D eigenvalue weighted by Crippen LogP contribution is -2.32. The first kappa shape index (κ1) is 19.9. The van der Waals surface area contributed by atoms with E-state index in [1.165, 1.54) is 12.4 Å². The normalized spacial score (nSPS) is 11.6. The number of anilines is 1. The number of benzene rings is 1. The van der Waals surface area contributed by atoms with Gasteiger partial charge in [0.05, 0.1) is 11.9 Å². The molecule has 2 aromatic rings. The molecule has 1 N–H and O–H groups in total. The molecular weight excluding hydrogens is 371 g/mol. The van der Waals surface area contributed by atoms with Gasteiger partial charge in [0.15, 0.2) is 17.5 Å². The van der Waals surface area contributed by atoms with Crippen molar-refractivity contribution in [1.29, 1.82) is 0 Å². The number of carbonyl (C=O) groups is 1. The Morgan fingerprint density at radius 3 is 2.54 bits per heavy atom. The summed E-state index contributed by atoms with van der Waals surface area (Å²) in [5.41, 5.74) is 0.108. The van der Waals surface area contributed by atoms with E-state index in [0.717, 1.165) is 16.6 Å². The van der Waals surface area contributed by atoms with Crippen LogP contribution in [0.4, 0.5) is 18.9 Å². The molecule has 1 amide bonds. The van der Waals surface area contributed by atoms with Crippen LogP contribution >= 0.6 is 0 Å². The molecule has 0 saturated carbocycles. The lowest BCUT2D eigenvalue weighted by atomic mass is 10.2. The van der Waals surface area contributed by atoms with E-state index in [2.05, 4.69) is 10.3 Å². The fourth-order valence-electron chi connectivity index (χ4n) is 2.12. The van der Waals surface area contributed by atoms with Crippen LogP contribution in [-0.4, -0.2) is 36.4 Å². The zero-order valence-electron chi connectivity index (χ0n) is 13.7. The summed E-state index contributed by atoms with van der Waals surface area (Å²) in [6.45, 7) is -0.162. The van der Waals surface area contributed by atoms with Crippen LogP contribution in [0.3, 0.4) is 0 Å². The molecule has 0 aliphatic heterocycles. The van der Waals surface area contributed by atoms with Gasteiger partial charge in [0.2, 0.25) is 15.9 Å². The van der Waals surface area contributed by atoms with E-state index in [1.807, 2.05) is 0 Å². The van der Waals surface area contributed by atoms with Crippen molar-refractivity contribution in [2.24, 2.45) is 0 Å². The van der Waals surface area contributed by atoms with Crippen LogP contribution in [0.25, 0.3) is 0 Å². The van der Waals surface area contributed by atoms with Gasteiger partial charge >= 0.3 is 0 Å². The summed E-state index contributed by atoms with van der Waals surface area (Å²) in [6.07, 6.45) is 3.73. The number of rotatable bonds is 7. The van der Waals surface area contributed by atoms with Crippen molar-refractivity contribution in [3.63, 3.8) is 0 Å². The number of nitrogens with zero attached hydrogens (tertiary/aromatic N) is 2. The van der Waals surface area contributed by atoms with Gasteiger partial charge in [-0.1, -0.05) is 6.07 Å². The number of nitrogens with one attached hydrogen (secondary N) is 1. The van der Waals surface area contributed by atoms with Gasteiger partial charge in [-0.05, 0) is 23.8 Å². The Balaban J connectivity index is 2.02. The Kier molecular flexibility index (Phi) is 6.32. The zero-order valence-corrected chi connectivity index (χ0v) is 14.6. The molecule has 10 heteroatoms. The summed E-state index contributed by atoms with van der Waals surface area (Å²) in [4.78, 5) is 15.8. The third kappa shape index (κ3) is 5.27. The van der Waals surface area contributed by atoms with Gasteiger partial charge in [-0.15, -0.1) is 0 Å². The molecule has 0 bridgehead atoms. The van der Waals surface area contributed by atoms with Crippen LogP contribution in [0.5, 0.6) is 0 Å². The zero-order chi connectivity index (χ0) is 19.3. The fourth-order valence-corrected chi connectivity index (χ4v) is 2.93. The molecule has 0 spiro atoms. The Morgan fingerprint density at radius 2 is 1.92 bits per heavy atom. The minimum atomic E-state index is -3.61. The van der Waals surface area contributed by atoms with Crippen molar-refractivity contribution in [3.8, 4) is 0 Å². The second kappa shape index (κ2) is 8.28. The molecule has 26 heavy (non-hydrogen) atoms. The third-order valence-electron chi connectivity index (χ3n) is 3.45. The van der Waals surface area contributed by atoms with Crippen LogP contribution < -0.4 is 5.32 Å². The average molecular weight is 387 g/mol. The van der Waals surface area contributed by atoms with Crippen molar-refractivity contribution >= 4 is 21.6 Å². The van der Waals surface area contributed by atoms with Gasteiger partial charge in [0, 0.05) is 31.9 Å². The van der Waals surface area contributed by atoms with Crippen molar-refractivity contribution in [1.82, 2.24) is 9.29 Å². The highest BCUT2D eigenvalue weighted by atomic mass is 32.2. The highest BCUT2D eigenvalue weighted by molar-refractivity contribution is 7.88. The van der Waals surface area contributed by atoms with Crippen LogP contribution in [-0.2, 0) is 21.4 Å². The van der Waals surface area contributed by atoms with Crippen molar-refractivity contribution in [2.75, 3.05) is 18.1 Å². The number of aromatic nitrogens is 1. The third-order valence-corrected chi connectivity index (χ3v) is 4.70. The van der Waals surface area contributed by atoms with Gasteiger partial charge in [0.25, 0.3) is 0 Å². The van der Waals surface area contributed by atoms with Crippen molar-refractivity contribution < 1.29 is 26.4 Å². The predicted molar refractivity (Wildman–Crippen MR) is 89.1 cm³/mol. The average Bonchev–Trinajstić information content (AvgIpc) is 2.59. The van der Waals surface area contributed by atoms with Gasteiger partial charge in [-0.2, -0.15) is 4.31 Å². The van der Waals surface area contributed by atoms with E-state index in [-0.39, 0.29) is 19.5 Å². The standard InChI is InChI=1S/C16H16F3N3O3S/c1-26(24,25)22(10-11-3-2-7-20-9-11)8-6-14(23)21-13-5-4-12(17)15(18)16(13)19/h2-5,7,9H,6,8,10H2,1H3,(H,21,23). The lowest BCUT2D eigenvalue weighted by molar-refractivity contribution is -0.116. The molecule has 0 unspecified atom stereocenters. The lowest BCUT2D eigenvalue weighted by Gasteiger charge is -2.19. The van der Waals surface area contributed by atoms with Crippen LogP contribution in [0.15, 0.2) is 36.7 Å². The molecule has 6 nitrogen and oxygen atoms in total. The summed E-state index contributed by atoms with van der Waals surface area (Å²) in [5.74, 6) is -5.33. The number of pyridine rings is 1. The van der Waals surface area contributed by atoms with Gasteiger partial charge in [-0.3, -0.25) is 9.78 Å². The van der Waals surface area contributed by atoms with E-state index in [9.17, 15) is 26.4 Å².